The van der Waals surface area contributed by atoms with Gasteiger partial charge in [0, 0.05) is 12.3 Å². The van der Waals surface area contributed by atoms with E-state index in [1.165, 1.54) is 0 Å². The maximum Gasteiger partial charge on any atom is 0.255 e. The minimum Gasteiger partial charge on any atom is -0.206 e. The molecule has 2 rings (SSSR count). The molecule has 2 atom stereocenters. The summed E-state index contributed by atoms with van der Waals surface area (Å²) in [5, 5.41) is 8.74. The number of alkyl halides is 2. The Bertz CT molecular complexity index is 459. The molecule has 0 aromatic heterocycles. The van der Waals surface area contributed by atoms with Crippen LogP contribution in [0.1, 0.15) is 56.1 Å². The first kappa shape index (κ1) is 14.0. The van der Waals surface area contributed by atoms with Gasteiger partial charge in [-0.2, -0.15) is 5.26 Å². The zero-order chi connectivity index (χ0) is 13.9. The van der Waals surface area contributed by atoms with Crippen LogP contribution in [0.4, 0.5) is 8.78 Å². The van der Waals surface area contributed by atoms with E-state index >= 15 is 0 Å². The molecule has 19 heavy (non-hydrogen) atoms. The minimum atomic E-state index is -2.62. The molecule has 1 fully saturated rings. The Balaban J connectivity index is 2.14. The summed E-state index contributed by atoms with van der Waals surface area (Å²) >= 11 is 0. The van der Waals surface area contributed by atoms with Gasteiger partial charge < -0.3 is 0 Å². The molecule has 3 heteroatoms. The van der Waals surface area contributed by atoms with Gasteiger partial charge >= 0.3 is 0 Å². The van der Waals surface area contributed by atoms with E-state index in [2.05, 4.69) is 0 Å². The van der Waals surface area contributed by atoms with Crippen LogP contribution in [0.15, 0.2) is 24.3 Å². The predicted molar refractivity (Wildman–Crippen MR) is 71.1 cm³/mol. The number of rotatable bonds is 3. The highest BCUT2D eigenvalue weighted by Crippen LogP contribution is 2.47. The topological polar surface area (TPSA) is 23.8 Å². The zero-order valence-corrected chi connectivity index (χ0v) is 11.2. The van der Waals surface area contributed by atoms with Crippen LogP contribution in [0.3, 0.4) is 0 Å². The van der Waals surface area contributed by atoms with Crippen LogP contribution in [0.25, 0.3) is 0 Å². The Morgan fingerprint density at radius 1 is 1.26 bits per heavy atom. The summed E-state index contributed by atoms with van der Waals surface area (Å²) < 4.78 is 28.5. The van der Waals surface area contributed by atoms with Gasteiger partial charge in [-0.25, -0.2) is 8.78 Å². The average molecular weight is 263 g/mol. The molecule has 1 nitrogen and oxygen atoms in total. The van der Waals surface area contributed by atoms with Crippen molar-refractivity contribution < 1.29 is 8.78 Å². The summed E-state index contributed by atoms with van der Waals surface area (Å²) in [4.78, 5) is 0. The van der Waals surface area contributed by atoms with E-state index in [4.69, 9.17) is 5.26 Å². The van der Waals surface area contributed by atoms with Gasteiger partial charge in [0.15, 0.2) is 0 Å². The molecule has 0 radical (unpaired) electrons. The van der Waals surface area contributed by atoms with Crippen molar-refractivity contribution in [2.24, 2.45) is 5.92 Å². The molecule has 1 aliphatic carbocycles. The third kappa shape index (κ3) is 3.12. The second-order valence-electron chi connectivity index (χ2n) is 5.48. The summed E-state index contributed by atoms with van der Waals surface area (Å²) in [7, 11) is 0. The first-order valence-electron chi connectivity index (χ1n) is 6.94. The lowest BCUT2D eigenvalue weighted by Gasteiger charge is -2.36. The van der Waals surface area contributed by atoms with Crippen LogP contribution in [0, 0.1) is 17.2 Å². The van der Waals surface area contributed by atoms with Crippen molar-refractivity contribution in [3.63, 3.8) is 0 Å². The molecule has 102 valence electrons. The highest BCUT2D eigenvalue weighted by atomic mass is 19.3. The lowest BCUT2D eigenvalue weighted by molar-refractivity contribution is -0.0735. The van der Waals surface area contributed by atoms with Crippen molar-refractivity contribution in [1.82, 2.24) is 0 Å². The molecule has 1 aromatic rings. The first-order valence-corrected chi connectivity index (χ1v) is 6.94. The third-order valence-corrected chi connectivity index (χ3v) is 4.07. The van der Waals surface area contributed by atoms with E-state index in [0.29, 0.717) is 17.5 Å². The largest absolute Gasteiger partial charge is 0.255 e. The molecule has 0 N–H and O–H groups in total. The fourth-order valence-corrected chi connectivity index (χ4v) is 3.10. The van der Waals surface area contributed by atoms with E-state index < -0.39 is 11.8 Å². The summed E-state index contributed by atoms with van der Waals surface area (Å²) in [5.74, 6) is -3.14. The second-order valence-corrected chi connectivity index (χ2v) is 5.48. The van der Waals surface area contributed by atoms with Crippen LogP contribution < -0.4 is 0 Å². The Morgan fingerprint density at radius 3 is 2.47 bits per heavy atom. The van der Waals surface area contributed by atoms with Crippen LogP contribution in [0.2, 0.25) is 0 Å². The molecule has 1 aliphatic rings. The second kappa shape index (κ2) is 5.69. The maximum absolute atomic E-state index is 14.2. The van der Waals surface area contributed by atoms with Crippen molar-refractivity contribution in [2.75, 3.05) is 0 Å². The molecule has 0 saturated heterocycles. The predicted octanol–water partition coefficient (Wildman–Crippen LogP) is 4.88. The molecule has 0 bridgehead atoms. The van der Waals surface area contributed by atoms with Gasteiger partial charge in [0.05, 0.1) is 11.6 Å². The van der Waals surface area contributed by atoms with Crippen molar-refractivity contribution in [2.45, 2.75) is 50.9 Å². The lowest BCUT2D eigenvalue weighted by atomic mass is 9.74. The number of benzene rings is 1. The van der Waals surface area contributed by atoms with E-state index in [-0.39, 0.29) is 12.3 Å². The van der Waals surface area contributed by atoms with E-state index in [0.717, 1.165) is 19.3 Å². The number of hydrogen-bond acceptors (Lipinski definition) is 1. The van der Waals surface area contributed by atoms with Gasteiger partial charge in [0.2, 0.25) is 0 Å². The maximum atomic E-state index is 14.2. The van der Waals surface area contributed by atoms with Gasteiger partial charge in [-0.3, -0.25) is 0 Å². The molecule has 0 spiro atoms. The van der Waals surface area contributed by atoms with Crippen LogP contribution >= 0.6 is 0 Å². The summed E-state index contributed by atoms with van der Waals surface area (Å²) in [5.41, 5.74) is 1.19. The quantitative estimate of drug-likeness (QED) is 0.762. The number of nitrogens with zero attached hydrogens (tertiary/aromatic N) is 1. The Morgan fingerprint density at radius 2 is 1.95 bits per heavy atom. The smallest absolute Gasteiger partial charge is 0.206 e. The fraction of sp³-hybridized carbons (Fsp3) is 0.562. The van der Waals surface area contributed by atoms with Crippen LogP contribution in [-0.4, -0.2) is 5.92 Å². The first-order chi connectivity index (χ1) is 9.06. The highest BCUT2D eigenvalue weighted by molar-refractivity contribution is 5.34. The highest BCUT2D eigenvalue weighted by Gasteiger charge is 2.45. The molecule has 2 unspecified atom stereocenters. The minimum absolute atomic E-state index is 0.00546. The van der Waals surface area contributed by atoms with Crippen molar-refractivity contribution in [3.05, 3.63) is 35.4 Å². The van der Waals surface area contributed by atoms with E-state index in [9.17, 15) is 8.78 Å². The van der Waals surface area contributed by atoms with Gasteiger partial charge in [0.1, 0.15) is 0 Å². The van der Waals surface area contributed by atoms with E-state index in [1.54, 1.807) is 24.3 Å². The molecule has 0 amide bonds. The molecule has 0 aliphatic heterocycles. The molecule has 1 saturated carbocycles. The number of nitriles is 1. The summed E-state index contributed by atoms with van der Waals surface area (Å²) in [6.45, 7) is 2.05. The Labute approximate surface area is 113 Å². The lowest BCUT2D eigenvalue weighted by Crippen LogP contribution is -2.34. The van der Waals surface area contributed by atoms with Gasteiger partial charge in [-0.15, -0.1) is 0 Å². The van der Waals surface area contributed by atoms with Crippen molar-refractivity contribution in [3.8, 4) is 6.07 Å². The molecule has 1 aromatic carbocycles. The molecule has 0 heterocycles. The van der Waals surface area contributed by atoms with Crippen molar-refractivity contribution in [1.29, 1.82) is 5.26 Å². The van der Waals surface area contributed by atoms with Crippen LogP contribution in [0.5, 0.6) is 0 Å². The number of halogens is 2. The molecular weight excluding hydrogens is 244 g/mol. The molecular formula is C16H19F2N. The Hall–Kier alpha value is -1.43. The van der Waals surface area contributed by atoms with Gasteiger partial charge in [-0.05, 0) is 36.5 Å². The average Bonchev–Trinajstić information content (AvgIpc) is 2.38. The SMILES string of the molecule is CCCC1CCC(c2ccc(C#N)cc2)C(F)(F)C1. The van der Waals surface area contributed by atoms with E-state index in [1.807, 2.05) is 13.0 Å². The van der Waals surface area contributed by atoms with Gasteiger partial charge in [-0.1, -0.05) is 31.9 Å². The van der Waals surface area contributed by atoms with Gasteiger partial charge in [0.25, 0.3) is 5.92 Å². The normalized spacial score (nSPS) is 25.8. The van der Waals surface area contributed by atoms with Crippen molar-refractivity contribution >= 4 is 0 Å². The third-order valence-electron chi connectivity index (χ3n) is 4.07. The van der Waals surface area contributed by atoms with Crippen LogP contribution in [-0.2, 0) is 0 Å². The Kier molecular flexibility index (Phi) is 4.19. The monoisotopic (exact) mass is 263 g/mol. The standard InChI is InChI=1S/C16H19F2N/c1-2-3-12-6-9-15(16(17,18)10-12)14-7-4-13(11-19)5-8-14/h4-5,7-8,12,15H,2-3,6,9-10H2,1H3. The fourth-order valence-electron chi connectivity index (χ4n) is 3.10. The number of hydrogen-bond donors (Lipinski definition) is 0. The summed E-state index contributed by atoms with van der Waals surface area (Å²) in [6, 6.07) is 8.63. The zero-order valence-electron chi connectivity index (χ0n) is 11.2. The summed E-state index contributed by atoms with van der Waals surface area (Å²) in [6.07, 6.45) is 3.31.